The molecule has 0 radical (unpaired) electrons. The smallest absolute Gasteiger partial charge is 0.416 e. The minimum absolute atomic E-state index is 0.0209. The third-order valence-electron chi connectivity index (χ3n) is 5.27. The van der Waals surface area contributed by atoms with Crippen LogP contribution in [-0.4, -0.2) is 26.7 Å². The van der Waals surface area contributed by atoms with Gasteiger partial charge in [-0.1, -0.05) is 36.4 Å². The van der Waals surface area contributed by atoms with Gasteiger partial charge in [0.1, 0.15) is 0 Å². The lowest BCUT2D eigenvalue weighted by molar-refractivity contribution is -0.140. The average molecular weight is 491 g/mol. The van der Waals surface area contributed by atoms with Crippen molar-refractivity contribution in [2.75, 3.05) is 12.4 Å². The van der Waals surface area contributed by atoms with Crippen LogP contribution in [-0.2, 0) is 25.5 Å². The molecule has 0 spiro atoms. The summed E-state index contributed by atoms with van der Waals surface area (Å²) in [6, 6.07) is 13.9. The van der Waals surface area contributed by atoms with E-state index >= 15 is 0 Å². The van der Waals surface area contributed by atoms with E-state index in [-0.39, 0.29) is 39.6 Å². The number of hydrogen-bond donors (Lipinski definition) is 1. The molecule has 2 aromatic rings. The number of nitrogens with zero attached hydrogens (tertiary/aromatic N) is 1. The molecular formula is C24H21F3N2O4S. The Hall–Kier alpha value is -3.58. The van der Waals surface area contributed by atoms with Crippen molar-refractivity contribution in [3.8, 4) is 6.07 Å². The van der Waals surface area contributed by atoms with Crippen LogP contribution in [0.15, 0.2) is 82.0 Å². The van der Waals surface area contributed by atoms with Crippen LogP contribution in [0.5, 0.6) is 0 Å². The first-order valence-electron chi connectivity index (χ1n) is 10.2. The number of allylic oxidation sites excluding steroid dienone is 2. The van der Waals surface area contributed by atoms with Gasteiger partial charge in [0, 0.05) is 11.4 Å². The second kappa shape index (κ2) is 9.73. The van der Waals surface area contributed by atoms with E-state index in [1.807, 2.05) is 6.07 Å². The number of nitriles is 1. The van der Waals surface area contributed by atoms with Crippen LogP contribution in [0, 0.1) is 11.3 Å². The number of nitrogens with one attached hydrogen (secondary N) is 1. The molecule has 1 aliphatic rings. The summed E-state index contributed by atoms with van der Waals surface area (Å²) in [4.78, 5) is 13.0. The Balaban J connectivity index is 2.29. The van der Waals surface area contributed by atoms with Crippen LogP contribution < -0.4 is 5.32 Å². The highest BCUT2D eigenvalue weighted by Gasteiger charge is 2.42. The quantitative estimate of drug-likeness (QED) is 0.600. The van der Waals surface area contributed by atoms with E-state index in [0.717, 1.165) is 6.07 Å². The number of hydrogen-bond acceptors (Lipinski definition) is 6. The molecule has 0 aromatic heterocycles. The van der Waals surface area contributed by atoms with Crippen molar-refractivity contribution < 1.29 is 31.1 Å². The molecule has 1 heterocycles. The minimum atomic E-state index is -4.77. The molecule has 1 unspecified atom stereocenters. The van der Waals surface area contributed by atoms with Gasteiger partial charge in [0.05, 0.1) is 46.0 Å². The van der Waals surface area contributed by atoms with Gasteiger partial charge in [-0.25, -0.2) is 13.2 Å². The molecule has 10 heteroatoms. The highest BCUT2D eigenvalue weighted by Crippen LogP contribution is 2.44. The highest BCUT2D eigenvalue weighted by molar-refractivity contribution is 7.91. The molecule has 178 valence electrons. The van der Waals surface area contributed by atoms with Crippen molar-refractivity contribution in [2.24, 2.45) is 0 Å². The summed E-state index contributed by atoms with van der Waals surface area (Å²) in [5, 5.41) is 12.6. The molecule has 1 N–H and O–H groups in total. The fourth-order valence-corrected chi connectivity index (χ4v) is 5.17. The van der Waals surface area contributed by atoms with Crippen LogP contribution in [0.1, 0.15) is 30.9 Å². The number of halogens is 3. The Labute approximate surface area is 195 Å². The van der Waals surface area contributed by atoms with Crippen LogP contribution in [0.25, 0.3) is 0 Å². The first kappa shape index (κ1) is 25.1. The van der Waals surface area contributed by atoms with Crippen LogP contribution in [0.3, 0.4) is 0 Å². The van der Waals surface area contributed by atoms with E-state index in [4.69, 9.17) is 4.74 Å². The SMILES string of the molecule is CCOC(=O)C1=C(CS(=O)(=O)c2ccccc2)NC(C)=C(C#N)C1c1ccccc1C(F)(F)F. The fourth-order valence-electron chi connectivity index (χ4n) is 3.83. The Morgan fingerprint density at radius 1 is 1.12 bits per heavy atom. The summed E-state index contributed by atoms with van der Waals surface area (Å²) in [5.41, 5.74) is -1.85. The Morgan fingerprint density at radius 3 is 2.32 bits per heavy atom. The number of benzene rings is 2. The van der Waals surface area contributed by atoms with Gasteiger partial charge < -0.3 is 10.1 Å². The number of rotatable bonds is 6. The molecule has 0 saturated carbocycles. The molecule has 0 amide bonds. The van der Waals surface area contributed by atoms with Gasteiger partial charge in [-0.2, -0.15) is 18.4 Å². The van der Waals surface area contributed by atoms with Gasteiger partial charge >= 0.3 is 12.1 Å². The van der Waals surface area contributed by atoms with Crippen LogP contribution >= 0.6 is 0 Å². The average Bonchev–Trinajstić information content (AvgIpc) is 2.78. The van der Waals surface area contributed by atoms with Crippen molar-refractivity contribution in [1.29, 1.82) is 5.26 Å². The van der Waals surface area contributed by atoms with Gasteiger partial charge in [0.2, 0.25) is 0 Å². The summed E-state index contributed by atoms with van der Waals surface area (Å²) in [5.74, 6) is -3.18. The largest absolute Gasteiger partial charge is 0.463 e. The molecule has 0 aliphatic carbocycles. The lowest BCUT2D eigenvalue weighted by Gasteiger charge is -2.31. The van der Waals surface area contributed by atoms with Gasteiger partial charge in [-0.05, 0) is 37.6 Å². The Kier molecular flexibility index (Phi) is 7.17. The standard InChI is InChI=1S/C24H21F3N2O4S/c1-3-33-23(30)22-20(14-34(31,32)16-9-5-4-6-10-16)29-15(2)18(13-28)21(22)17-11-7-8-12-19(17)24(25,26)27/h4-12,21,29H,3,14H2,1-2H3. The molecule has 2 aromatic carbocycles. The fraction of sp³-hybridized carbons (Fsp3) is 0.250. The third-order valence-corrected chi connectivity index (χ3v) is 6.93. The zero-order valence-corrected chi connectivity index (χ0v) is 19.1. The van der Waals surface area contributed by atoms with Crippen molar-refractivity contribution in [2.45, 2.75) is 30.8 Å². The van der Waals surface area contributed by atoms with E-state index in [9.17, 15) is 31.6 Å². The molecule has 6 nitrogen and oxygen atoms in total. The number of carbonyl (C=O) groups is 1. The number of alkyl halides is 3. The Morgan fingerprint density at radius 2 is 1.74 bits per heavy atom. The summed E-state index contributed by atoms with van der Waals surface area (Å²) in [6.45, 7) is 2.86. The molecule has 0 fully saturated rings. The first-order chi connectivity index (χ1) is 16.0. The molecule has 3 rings (SSSR count). The molecule has 34 heavy (non-hydrogen) atoms. The van der Waals surface area contributed by atoms with Crippen molar-refractivity contribution in [3.63, 3.8) is 0 Å². The lowest BCUT2D eigenvalue weighted by atomic mass is 9.79. The van der Waals surface area contributed by atoms with E-state index in [2.05, 4.69) is 5.32 Å². The number of dihydropyridines is 1. The summed E-state index contributed by atoms with van der Waals surface area (Å²) in [7, 11) is -3.99. The minimum Gasteiger partial charge on any atom is -0.463 e. The van der Waals surface area contributed by atoms with Gasteiger partial charge in [-0.3, -0.25) is 0 Å². The zero-order valence-electron chi connectivity index (χ0n) is 18.3. The van der Waals surface area contributed by atoms with Crippen molar-refractivity contribution in [1.82, 2.24) is 5.32 Å². The number of esters is 1. The van der Waals surface area contributed by atoms with E-state index < -0.39 is 39.2 Å². The lowest BCUT2D eigenvalue weighted by Crippen LogP contribution is -2.33. The summed E-state index contributed by atoms with van der Waals surface area (Å²) < 4.78 is 72.8. The van der Waals surface area contributed by atoms with Gasteiger partial charge in [0.15, 0.2) is 9.84 Å². The topological polar surface area (TPSA) is 96.3 Å². The summed E-state index contributed by atoms with van der Waals surface area (Å²) in [6.07, 6.45) is -4.77. The normalized spacial score (nSPS) is 16.6. The first-order valence-corrected chi connectivity index (χ1v) is 11.9. The predicted octanol–water partition coefficient (Wildman–Crippen LogP) is 4.48. The monoisotopic (exact) mass is 490 g/mol. The zero-order chi connectivity index (χ0) is 25.1. The maximum absolute atomic E-state index is 13.9. The summed E-state index contributed by atoms with van der Waals surface area (Å²) >= 11 is 0. The van der Waals surface area contributed by atoms with Crippen molar-refractivity contribution in [3.05, 3.63) is 88.3 Å². The molecule has 0 bridgehead atoms. The highest BCUT2D eigenvalue weighted by atomic mass is 32.2. The maximum Gasteiger partial charge on any atom is 0.416 e. The Bertz CT molecular complexity index is 1310. The van der Waals surface area contributed by atoms with Crippen LogP contribution in [0.2, 0.25) is 0 Å². The maximum atomic E-state index is 13.9. The second-order valence-corrected chi connectivity index (χ2v) is 9.47. The van der Waals surface area contributed by atoms with Crippen molar-refractivity contribution >= 4 is 15.8 Å². The second-order valence-electron chi connectivity index (χ2n) is 7.48. The van der Waals surface area contributed by atoms with Gasteiger partial charge in [0.25, 0.3) is 0 Å². The third kappa shape index (κ3) is 4.99. The molecule has 0 saturated heterocycles. The molecular weight excluding hydrogens is 469 g/mol. The van der Waals surface area contributed by atoms with Crippen LogP contribution in [0.4, 0.5) is 13.2 Å². The number of carbonyl (C=O) groups excluding carboxylic acids is 1. The van der Waals surface area contributed by atoms with E-state index in [1.54, 1.807) is 6.07 Å². The van der Waals surface area contributed by atoms with E-state index in [1.165, 1.54) is 56.3 Å². The predicted molar refractivity (Wildman–Crippen MR) is 118 cm³/mol. The van der Waals surface area contributed by atoms with E-state index in [0.29, 0.717) is 0 Å². The van der Waals surface area contributed by atoms with Gasteiger partial charge in [-0.15, -0.1) is 0 Å². The molecule has 1 aliphatic heterocycles. The number of sulfone groups is 1. The molecule has 1 atom stereocenters. The number of ether oxygens (including phenoxy) is 1.